The van der Waals surface area contributed by atoms with Crippen LogP contribution in [0.3, 0.4) is 0 Å². The molecule has 0 aromatic heterocycles. The number of hydrogen-bond donors (Lipinski definition) is 3. The molecule has 1 aliphatic rings. The average molecular weight is 447 g/mol. The number of alkyl halides is 3. The molecule has 30 heavy (non-hydrogen) atoms. The van der Waals surface area contributed by atoms with Gasteiger partial charge >= 0.3 is 12.3 Å². The summed E-state index contributed by atoms with van der Waals surface area (Å²) in [5.74, 6) is 3.27. The third kappa shape index (κ3) is 6.03. The highest BCUT2D eigenvalue weighted by Gasteiger charge is 2.57. The van der Waals surface area contributed by atoms with Crippen molar-refractivity contribution >= 4 is 29.3 Å². The van der Waals surface area contributed by atoms with Crippen LogP contribution in [-0.2, 0) is 14.9 Å². The van der Waals surface area contributed by atoms with Crippen molar-refractivity contribution in [3.8, 4) is 11.8 Å². The second kappa shape index (κ2) is 8.74. The first-order chi connectivity index (χ1) is 13.8. The van der Waals surface area contributed by atoms with Gasteiger partial charge in [0.25, 0.3) is 0 Å². The molecule has 0 saturated heterocycles. The quantitative estimate of drug-likeness (QED) is 0.352. The number of hydrogen-bond acceptors (Lipinski definition) is 4. The van der Waals surface area contributed by atoms with Crippen LogP contribution < -0.4 is 10.8 Å². The Kier molecular flexibility index (Phi) is 6.94. The molecule has 1 aromatic rings. The van der Waals surface area contributed by atoms with Crippen LogP contribution in [0.4, 0.5) is 23.7 Å². The van der Waals surface area contributed by atoms with Gasteiger partial charge in [0, 0.05) is 22.2 Å². The number of carbonyl (C=O) groups is 2. The highest BCUT2D eigenvalue weighted by Crippen LogP contribution is 2.47. The molecule has 1 aliphatic carbocycles. The van der Waals surface area contributed by atoms with Gasteiger partial charge < -0.3 is 4.74 Å². The molecule has 1 saturated carbocycles. The van der Waals surface area contributed by atoms with Gasteiger partial charge in [-0.2, -0.15) is 13.2 Å². The van der Waals surface area contributed by atoms with E-state index in [2.05, 4.69) is 17.2 Å². The predicted octanol–water partition coefficient (Wildman–Crippen LogP) is 4.80. The number of nitrogens with one attached hydrogen (secondary N) is 2. The maximum Gasteiger partial charge on any atom is 0.412 e. The maximum atomic E-state index is 14.4. The maximum absolute atomic E-state index is 14.4. The first kappa shape index (κ1) is 23.8. The molecule has 0 radical (unpaired) electrons. The number of hydroxylamine groups is 1. The Morgan fingerprint density at radius 3 is 2.40 bits per heavy atom. The third-order valence-corrected chi connectivity index (χ3v) is 4.41. The third-order valence-electron chi connectivity index (χ3n) is 4.18. The molecule has 3 N–H and O–H groups in total. The molecule has 0 heterocycles. The zero-order chi connectivity index (χ0) is 22.7. The van der Waals surface area contributed by atoms with Crippen LogP contribution in [0.15, 0.2) is 18.2 Å². The van der Waals surface area contributed by atoms with E-state index in [9.17, 15) is 22.8 Å². The minimum absolute atomic E-state index is 0.0500. The SMILES string of the molecule is CC(C)(C)OC(=O)Nc1ccc(Cl)cc1C(C#CC1CC1)(CC(=O)NO)C(F)(F)F. The molecule has 1 aromatic carbocycles. The minimum Gasteiger partial charge on any atom is -0.444 e. The Bertz CT molecular complexity index is 883. The number of benzene rings is 1. The lowest BCUT2D eigenvalue weighted by atomic mass is 9.76. The van der Waals surface area contributed by atoms with Crippen LogP contribution in [0.25, 0.3) is 0 Å². The predicted molar refractivity (Wildman–Crippen MR) is 104 cm³/mol. The lowest BCUT2D eigenvalue weighted by molar-refractivity contribution is -0.179. The van der Waals surface area contributed by atoms with Gasteiger partial charge in [0.05, 0.1) is 6.42 Å². The van der Waals surface area contributed by atoms with E-state index in [-0.39, 0.29) is 16.6 Å². The first-order valence-electron chi connectivity index (χ1n) is 9.10. The molecule has 1 unspecified atom stereocenters. The number of anilines is 1. The van der Waals surface area contributed by atoms with Gasteiger partial charge in [0.15, 0.2) is 5.41 Å². The summed E-state index contributed by atoms with van der Waals surface area (Å²) in [5.41, 5.74) is -3.47. The summed E-state index contributed by atoms with van der Waals surface area (Å²) in [7, 11) is 0. The Morgan fingerprint density at radius 1 is 1.27 bits per heavy atom. The van der Waals surface area contributed by atoms with Crippen LogP contribution in [0, 0.1) is 17.8 Å². The van der Waals surface area contributed by atoms with Crippen molar-refractivity contribution in [3.05, 3.63) is 28.8 Å². The monoisotopic (exact) mass is 446 g/mol. The van der Waals surface area contributed by atoms with Crippen LogP contribution in [0.5, 0.6) is 0 Å². The standard InChI is InChI=1S/C20H22ClF3N2O4/c1-18(2,3)30-17(28)25-15-7-6-13(21)10-14(15)19(20(22,23)24,11-16(27)26-29)9-8-12-4-5-12/h6-7,10,12,29H,4-5,11H2,1-3H3,(H,25,28)(H,26,27). The van der Waals surface area contributed by atoms with E-state index in [0.29, 0.717) is 12.8 Å². The number of halogens is 4. The van der Waals surface area contributed by atoms with E-state index < -0.39 is 41.2 Å². The molecule has 1 atom stereocenters. The van der Waals surface area contributed by atoms with Gasteiger partial charge in [-0.1, -0.05) is 23.4 Å². The van der Waals surface area contributed by atoms with Gasteiger partial charge in [0.2, 0.25) is 5.91 Å². The lowest BCUT2D eigenvalue weighted by Gasteiger charge is -2.33. The smallest absolute Gasteiger partial charge is 0.412 e. The minimum atomic E-state index is -5.03. The second-order valence-corrected chi connectivity index (χ2v) is 8.41. The summed E-state index contributed by atoms with van der Waals surface area (Å²) in [6.45, 7) is 4.80. The summed E-state index contributed by atoms with van der Waals surface area (Å²) < 4.78 is 48.3. The molecular formula is C20H22ClF3N2O4. The highest BCUT2D eigenvalue weighted by atomic mass is 35.5. The first-order valence-corrected chi connectivity index (χ1v) is 9.47. The number of ether oxygens (including phenoxy) is 1. The van der Waals surface area contributed by atoms with E-state index >= 15 is 0 Å². The van der Waals surface area contributed by atoms with E-state index in [1.807, 2.05) is 0 Å². The van der Waals surface area contributed by atoms with Crippen molar-refractivity contribution in [2.75, 3.05) is 5.32 Å². The Hall–Kier alpha value is -2.44. The molecule has 6 nitrogen and oxygen atoms in total. The number of rotatable bonds is 4. The van der Waals surface area contributed by atoms with Gasteiger partial charge in [0.1, 0.15) is 5.60 Å². The van der Waals surface area contributed by atoms with Crippen molar-refractivity contribution in [1.82, 2.24) is 5.48 Å². The summed E-state index contributed by atoms with van der Waals surface area (Å²) in [5, 5.41) is 11.1. The molecule has 164 valence electrons. The normalized spacial score (nSPS) is 16.0. The Morgan fingerprint density at radius 2 is 1.90 bits per heavy atom. The van der Waals surface area contributed by atoms with E-state index in [1.165, 1.54) is 17.6 Å². The molecule has 2 amide bonds. The Balaban J connectivity index is 2.64. The zero-order valence-corrected chi connectivity index (χ0v) is 17.4. The zero-order valence-electron chi connectivity index (χ0n) is 16.6. The molecule has 1 fully saturated rings. The van der Waals surface area contributed by atoms with Crippen molar-refractivity contribution < 1.29 is 32.7 Å². The van der Waals surface area contributed by atoms with Gasteiger partial charge in [-0.3, -0.25) is 15.3 Å². The summed E-state index contributed by atoms with van der Waals surface area (Å²) in [6.07, 6.45) is -5.92. The molecule has 0 bridgehead atoms. The summed E-state index contributed by atoms with van der Waals surface area (Å²) in [4.78, 5) is 24.0. The number of amides is 2. The molecule has 0 aliphatic heterocycles. The fourth-order valence-electron chi connectivity index (χ4n) is 2.66. The van der Waals surface area contributed by atoms with Crippen LogP contribution in [-0.4, -0.2) is 29.0 Å². The largest absolute Gasteiger partial charge is 0.444 e. The summed E-state index contributed by atoms with van der Waals surface area (Å²) >= 11 is 5.95. The van der Waals surface area contributed by atoms with Crippen molar-refractivity contribution in [3.63, 3.8) is 0 Å². The molecule has 10 heteroatoms. The second-order valence-electron chi connectivity index (χ2n) is 7.98. The Labute approximate surface area is 177 Å². The number of carbonyl (C=O) groups excluding carboxylic acids is 2. The highest BCUT2D eigenvalue weighted by molar-refractivity contribution is 6.30. The van der Waals surface area contributed by atoms with Gasteiger partial charge in [-0.05, 0) is 51.8 Å². The van der Waals surface area contributed by atoms with E-state index in [1.54, 1.807) is 20.8 Å². The van der Waals surface area contributed by atoms with Crippen molar-refractivity contribution in [1.29, 1.82) is 0 Å². The fraction of sp³-hybridized carbons (Fsp3) is 0.500. The molecule has 2 rings (SSSR count). The van der Waals surface area contributed by atoms with Crippen LogP contribution in [0.1, 0.15) is 45.6 Å². The van der Waals surface area contributed by atoms with Gasteiger partial charge in [-0.15, -0.1) is 0 Å². The average Bonchev–Trinajstić information content (AvgIpc) is 3.41. The van der Waals surface area contributed by atoms with Gasteiger partial charge in [-0.25, -0.2) is 10.3 Å². The van der Waals surface area contributed by atoms with Crippen LogP contribution >= 0.6 is 11.6 Å². The molecule has 0 spiro atoms. The fourth-order valence-corrected chi connectivity index (χ4v) is 2.83. The van der Waals surface area contributed by atoms with Crippen LogP contribution in [0.2, 0.25) is 5.02 Å². The van der Waals surface area contributed by atoms with E-state index in [0.717, 1.165) is 6.07 Å². The van der Waals surface area contributed by atoms with Crippen molar-refractivity contribution in [2.45, 2.75) is 57.2 Å². The topological polar surface area (TPSA) is 87.7 Å². The lowest BCUT2D eigenvalue weighted by Crippen LogP contribution is -2.45. The van der Waals surface area contributed by atoms with E-state index in [4.69, 9.17) is 21.5 Å². The molecular weight excluding hydrogens is 425 g/mol. The summed E-state index contributed by atoms with van der Waals surface area (Å²) in [6, 6.07) is 3.46. The van der Waals surface area contributed by atoms with Crippen molar-refractivity contribution in [2.24, 2.45) is 5.92 Å².